The monoisotopic (exact) mass is 417 g/mol. The molecule has 0 radical (unpaired) electrons. The summed E-state index contributed by atoms with van der Waals surface area (Å²) in [6.07, 6.45) is 5.13. The second-order valence-electron chi connectivity index (χ2n) is 8.08. The fourth-order valence-electron chi connectivity index (χ4n) is 3.50. The van der Waals surface area contributed by atoms with Crippen LogP contribution in [0.2, 0.25) is 0 Å². The highest BCUT2D eigenvalue weighted by molar-refractivity contribution is 5.79. The first-order valence-corrected chi connectivity index (χ1v) is 11.2. The van der Waals surface area contributed by atoms with Gasteiger partial charge in [0.15, 0.2) is 12.6 Å². The molecule has 1 fully saturated rings. The average molecular weight is 418 g/mol. The van der Waals surface area contributed by atoms with Gasteiger partial charge in [-0.3, -0.25) is 4.79 Å². The molecule has 7 nitrogen and oxygen atoms in total. The van der Waals surface area contributed by atoms with E-state index < -0.39 is 0 Å². The van der Waals surface area contributed by atoms with Crippen molar-refractivity contribution in [1.29, 1.82) is 0 Å². The van der Waals surface area contributed by atoms with Gasteiger partial charge in [-0.15, -0.1) is 0 Å². The Balaban J connectivity index is 1.80. The Bertz CT molecular complexity index is 677. The first-order chi connectivity index (χ1) is 14.5. The predicted molar refractivity (Wildman–Crippen MR) is 123 cm³/mol. The van der Waals surface area contributed by atoms with Crippen LogP contribution in [0.4, 0.5) is 0 Å². The van der Waals surface area contributed by atoms with Gasteiger partial charge in [0.2, 0.25) is 0 Å². The SMILES string of the molecule is CCNC(=NCc1cccc(OCC(=O)N(C)C)c1)NCCCN1CCCCC1C. The first kappa shape index (κ1) is 24.0. The lowest BCUT2D eigenvalue weighted by Gasteiger charge is -2.33. The molecule has 7 heteroatoms. The Morgan fingerprint density at radius 3 is 2.87 bits per heavy atom. The van der Waals surface area contributed by atoms with E-state index in [0.29, 0.717) is 18.3 Å². The lowest BCUT2D eigenvalue weighted by Crippen LogP contribution is -2.41. The van der Waals surface area contributed by atoms with E-state index in [4.69, 9.17) is 9.73 Å². The maximum atomic E-state index is 11.7. The number of hydrogen-bond acceptors (Lipinski definition) is 4. The minimum atomic E-state index is -0.0593. The summed E-state index contributed by atoms with van der Waals surface area (Å²) in [4.78, 5) is 20.5. The number of amides is 1. The van der Waals surface area contributed by atoms with Crippen LogP contribution >= 0.6 is 0 Å². The topological polar surface area (TPSA) is 69.2 Å². The van der Waals surface area contributed by atoms with Gasteiger partial charge in [0, 0.05) is 39.8 Å². The third kappa shape index (κ3) is 8.61. The molecule has 1 aromatic rings. The van der Waals surface area contributed by atoms with Gasteiger partial charge in [-0.05, 0) is 57.4 Å². The van der Waals surface area contributed by atoms with Crippen LogP contribution in [0.3, 0.4) is 0 Å². The fourth-order valence-corrected chi connectivity index (χ4v) is 3.50. The average Bonchev–Trinajstić information content (AvgIpc) is 2.74. The Hall–Kier alpha value is -2.28. The molecule has 1 aliphatic heterocycles. The Morgan fingerprint density at radius 1 is 1.30 bits per heavy atom. The normalized spacial score (nSPS) is 17.5. The number of likely N-dealkylation sites (tertiary alicyclic amines) is 1. The van der Waals surface area contributed by atoms with Crippen LogP contribution in [0.1, 0.15) is 45.1 Å². The summed E-state index contributed by atoms with van der Waals surface area (Å²) in [5.41, 5.74) is 1.05. The van der Waals surface area contributed by atoms with E-state index in [1.165, 1.54) is 30.7 Å². The zero-order valence-corrected chi connectivity index (χ0v) is 19.1. The van der Waals surface area contributed by atoms with Crippen LogP contribution in [0.25, 0.3) is 0 Å². The smallest absolute Gasteiger partial charge is 0.259 e. The summed E-state index contributed by atoms with van der Waals surface area (Å²) in [6.45, 7) is 9.11. The Labute approximate surface area is 181 Å². The number of carbonyl (C=O) groups excluding carboxylic acids is 1. The number of ether oxygens (including phenoxy) is 1. The molecule has 0 aliphatic carbocycles. The Kier molecular flexibility index (Phi) is 10.5. The maximum Gasteiger partial charge on any atom is 0.259 e. The van der Waals surface area contributed by atoms with E-state index >= 15 is 0 Å². The van der Waals surface area contributed by atoms with Crippen LogP contribution < -0.4 is 15.4 Å². The molecule has 0 bridgehead atoms. The van der Waals surface area contributed by atoms with Crippen LogP contribution in [-0.2, 0) is 11.3 Å². The third-order valence-electron chi connectivity index (χ3n) is 5.38. The van der Waals surface area contributed by atoms with Crippen LogP contribution in [0.15, 0.2) is 29.3 Å². The van der Waals surface area contributed by atoms with E-state index in [1.54, 1.807) is 14.1 Å². The van der Waals surface area contributed by atoms with Crippen molar-refractivity contribution in [2.75, 3.05) is 46.9 Å². The van der Waals surface area contributed by atoms with Crippen molar-refractivity contribution in [3.8, 4) is 5.75 Å². The molecule has 1 saturated heterocycles. The van der Waals surface area contributed by atoms with Crippen molar-refractivity contribution < 1.29 is 9.53 Å². The van der Waals surface area contributed by atoms with E-state index in [9.17, 15) is 4.79 Å². The molecular formula is C23H39N5O2. The summed E-state index contributed by atoms with van der Waals surface area (Å²) in [7, 11) is 3.44. The molecule has 2 N–H and O–H groups in total. The lowest BCUT2D eigenvalue weighted by molar-refractivity contribution is -0.130. The van der Waals surface area contributed by atoms with Crippen molar-refractivity contribution in [1.82, 2.24) is 20.4 Å². The highest BCUT2D eigenvalue weighted by atomic mass is 16.5. The van der Waals surface area contributed by atoms with Crippen LogP contribution in [-0.4, -0.2) is 74.6 Å². The van der Waals surface area contributed by atoms with Gasteiger partial charge in [0.1, 0.15) is 5.75 Å². The maximum absolute atomic E-state index is 11.7. The molecule has 0 spiro atoms. The number of carbonyl (C=O) groups is 1. The quantitative estimate of drug-likeness (QED) is 0.348. The largest absolute Gasteiger partial charge is 0.484 e. The molecule has 1 unspecified atom stereocenters. The predicted octanol–water partition coefficient (Wildman–Crippen LogP) is 2.47. The molecule has 2 rings (SSSR count). The number of piperidine rings is 1. The molecule has 0 aromatic heterocycles. The van der Waals surface area contributed by atoms with Gasteiger partial charge in [-0.2, -0.15) is 0 Å². The summed E-state index contributed by atoms with van der Waals surface area (Å²) >= 11 is 0. The van der Waals surface area contributed by atoms with Crippen molar-refractivity contribution >= 4 is 11.9 Å². The molecule has 1 atom stereocenters. The number of rotatable bonds is 10. The highest BCUT2D eigenvalue weighted by Crippen LogP contribution is 2.16. The summed E-state index contributed by atoms with van der Waals surface area (Å²) < 4.78 is 5.59. The molecular weight excluding hydrogens is 378 g/mol. The van der Waals surface area contributed by atoms with Gasteiger partial charge in [0.05, 0.1) is 6.54 Å². The van der Waals surface area contributed by atoms with Gasteiger partial charge in [-0.1, -0.05) is 18.6 Å². The first-order valence-electron chi connectivity index (χ1n) is 11.2. The zero-order chi connectivity index (χ0) is 21.8. The van der Waals surface area contributed by atoms with E-state index in [-0.39, 0.29) is 12.5 Å². The van der Waals surface area contributed by atoms with Crippen molar-refractivity contribution in [2.45, 2.75) is 52.1 Å². The molecule has 1 aliphatic rings. The van der Waals surface area contributed by atoms with E-state index in [2.05, 4.69) is 29.4 Å². The van der Waals surface area contributed by atoms with Gasteiger partial charge in [-0.25, -0.2) is 4.99 Å². The number of nitrogens with zero attached hydrogens (tertiary/aromatic N) is 3. The van der Waals surface area contributed by atoms with E-state index in [1.807, 2.05) is 24.3 Å². The fraction of sp³-hybridized carbons (Fsp3) is 0.652. The molecule has 0 saturated carbocycles. The molecule has 168 valence electrons. The number of nitrogens with one attached hydrogen (secondary N) is 2. The number of likely N-dealkylation sites (N-methyl/N-ethyl adjacent to an activating group) is 1. The Morgan fingerprint density at radius 2 is 2.13 bits per heavy atom. The second-order valence-corrected chi connectivity index (χ2v) is 8.08. The minimum absolute atomic E-state index is 0.0412. The number of hydrogen-bond donors (Lipinski definition) is 2. The van der Waals surface area contributed by atoms with Crippen molar-refractivity contribution in [3.05, 3.63) is 29.8 Å². The number of aliphatic imine (C=N–C) groups is 1. The second kappa shape index (κ2) is 13.1. The number of benzene rings is 1. The summed E-state index contributed by atoms with van der Waals surface area (Å²) in [5, 5.41) is 6.75. The van der Waals surface area contributed by atoms with Gasteiger partial charge >= 0.3 is 0 Å². The summed E-state index contributed by atoms with van der Waals surface area (Å²) in [6, 6.07) is 8.46. The minimum Gasteiger partial charge on any atom is -0.484 e. The van der Waals surface area contributed by atoms with Crippen molar-refractivity contribution in [3.63, 3.8) is 0 Å². The van der Waals surface area contributed by atoms with Crippen molar-refractivity contribution in [2.24, 2.45) is 4.99 Å². The molecule has 1 amide bonds. The standard InChI is InChI=1S/C23H39N5O2/c1-5-24-23(25-13-9-15-28-14-7-6-10-19(28)2)26-17-20-11-8-12-21(16-20)30-18-22(29)27(3)4/h8,11-12,16,19H,5-7,9-10,13-15,17-18H2,1-4H3,(H2,24,25,26). The summed E-state index contributed by atoms with van der Waals surface area (Å²) in [5.74, 6) is 1.46. The lowest BCUT2D eigenvalue weighted by atomic mass is 10.0. The van der Waals surface area contributed by atoms with Crippen LogP contribution in [0, 0.1) is 0 Å². The zero-order valence-electron chi connectivity index (χ0n) is 19.1. The van der Waals surface area contributed by atoms with E-state index in [0.717, 1.165) is 37.6 Å². The third-order valence-corrected chi connectivity index (χ3v) is 5.38. The molecule has 1 aromatic carbocycles. The molecule has 30 heavy (non-hydrogen) atoms. The van der Waals surface area contributed by atoms with Gasteiger partial charge < -0.3 is 25.2 Å². The van der Waals surface area contributed by atoms with Gasteiger partial charge in [0.25, 0.3) is 5.91 Å². The molecule has 1 heterocycles. The van der Waals surface area contributed by atoms with Crippen LogP contribution in [0.5, 0.6) is 5.75 Å². The number of guanidine groups is 1. The highest BCUT2D eigenvalue weighted by Gasteiger charge is 2.17.